The molecular formula is C19H29N3O. The number of piperazine rings is 1. The summed E-state index contributed by atoms with van der Waals surface area (Å²) in [4.78, 5) is 17.0. The minimum Gasteiger partial charge on any atom is -0.355 e. The molecule has 1 amide bonds. The third-order valence-corrected chi connectivity index (χ3v) is 5.53. The third-order valence-electron chi connectivity index (χ3n) is 5.53. The number of carbonyl (C=O) groups excluding carboxylic acids is 1. The van der Waals surface area contributed by atoms with E-state index in [0.29, 0.717) is 6.04 Å². The fourth-order valence-electron chi connectivity index (χ4n) is 4.06. The lowest BCUT2D eigenvalue weighted by Gasteiger charge is -2.44. The summed E-state index contributed by atoms with van der Waals surface area (Å²) in [5.41, 5.74) is 2.02. The second-order valence-corrected chi connectivity index (χ2v) is 6.99. The molecule has 0 radical (unpaired) electrons. The Morgan fingerprint density at radius 3 is 2.70 bits per heavy atom. The van der Waals surface area contributed by atoms with Gasteiger partial charge in [-0.2, -0.15) is 0 Å². The molecule has 1 atom stereocenters. The minimum absolute atomic E-state index is 0.00514. The van der Waals surface area contributed by atoms with Gasteiger partial charge in [0, 0.05) is 44.3 Å². The number of nitrogens with zero attached hydrogens (tertiary/aromatic N) is 2. The number of benzene rings is 1. The molecule has 126 valence electrons. The van der Waals surface area contributed by atoms with Crippen LogP contribution in [0, 0.1) is 0 Å². The van der Waals surface area contributed by atoms with E-state index in [2.05, 4.69) is 34.3 Å². The lowest BCUT2D eigenvalue weighted by Crippen LogP contribution is -2.51. The van der Waals surface area contributed by atoms with Gasteiger partial charge >= 0.3 is 0 Å². The smallest absolute Gasteiger partial charge is 0.251 e. The Hall–Kier alpha value is -1.39. The summed E-state index contributed by atoms with van der Waals surface area (Å²) < 4.78 is 0. The molecule has 1 aliphatic carbocycles. The van der Waals surface area contributed by atoms with E-state index in [9.17, 15) is 4.79 Å². The molecule has 1 aromatic rings. The first-order valence-electron chi connectivity index (χ1n) is 8.95. The molecule has 0 bridgehead atoms. The SMILES string of the molecule is CNC(=O)c1cccc(C2CN(C3CCCCC3)CCN2C)c1. The standard InChI is InChI=1S/C19H29N3O/c1-20-19(23)16-8-6-7-15(13-16)18-14-22(12-11-21(18)2)17-9-4-3-5-10-17/h6-8,13,17-18H,3-5,9-12,14H2,1-2H3,(H,20,23). The summed E-state index contributed by atoms with van der Waals surface area (Å²) in [6, 6.07) is 9.28. The maximum absolute atomic E-state index is 11.9. The summed E-state index contributed by atoms with van der Waals surface area (Å²) in [7, 11) is 3.89. The second-order valence-electron chi connectivity index (χ2n) is 6.99. The summed E-state index contributed by atoms with van der Waals surface area (Å²) in [5, 5.41) is 2.72. The van der Waals surface area contributed by atoms with Crippen molar-refractivity contribution in [3.63, 3.8) is 0 Å². The second kappa shape index (κ2) is 7.45. The molecule has 3 rings (SSSR count). The molecule has 4 heteroatoms. The van der Waals surface area contributed by atoms with Crippen molar-refractivity contribution in [2.75, 3.05) is 33.7 Å². The molecule has 2 aliphatic rings. The van der Waals surface area contributed by atoms with E-state index in [1.54, 1.807) is 7.05 Å². The molecule has 1 aliphatic heterocycles. The zero-order valence-electron chi connectivity index (χ0n) is 14.4. The van der Waals surface area contributed by atoms with Gasteiger partial charge in [-0.1, -0.05) is 31.4 Å². The van der Waals surface area contributed by atoms with Gasteiger partial charge in [-0.25, -0.2) is 0 Å². The summed E-state index contributed by atoms with van der Waals surface area (Å²) in [6.45, 7) is 3.36. The largest absolute Gasteiger partial charge is 0.355 e. The van der Waals surface area contributed by atoms with Crippen LogP contribution in [-0.4, -0.2) is 55.5 Å². The van der Waals surface area contributed by atoms with Crippen LogP contribution in [0.3, 0.4) is 0 Å². The average molecular weight is 315 g/mol. The van der Waals surface area contributed by atoms with Gasteiger partial charge in [-0.15, -0.1) is 0 Å². The molecule has 4 nitrogen and oxygen atoms in total. The molecule has 23 heavy (non-hydrogen) atoms. The number of hydrogen-bond donors (Lipinski definition) is 1. The Morgan fingerprint density at radius 1 is 1.17 bits per heavy atom. The van der Waals surface area contributed by atoms with Crippen LogP contribution in [0.25, 0.3) is 0 Å². The van der Waals surface area contributed by atoms with Crippen LogP contribution in [0.2, 0.25) is 0 Å². The normalized spacial score (nSPS) is 24.5. The van der Waals surface area contributed by atoms with Gasteiger partial charge in [0.2, 0.25) is 0 Å². The van der Waals surface area contributed by atoms with Crippen molar-refractivity contribution < 1.29 is 4.79 Å². The number of amides is 1. The maximum Gasteiger partial charge on any atom is 0.251 e. The number of carbonyl (C=O) groups is 1. The average Bonchev–Trinajstić information content (AvgIpc) is 2.62. The van der Waals surface area contributed by atoms with Gasteiger partial charge in [-0.05, 0) is 37.6 Å². The van der Waals surface area contributed by atoms with Crippen molar-refractivity contribution in [1.82, 2.24) is 15.1 Å². The Balaban J connectivity index is 1.75. The van der Waals surface area contributed by atoms with E-state index in [1.165, 1.54) is 44.2 Å². The van der Waals surface area contributed by atoms with Gasteiger partial charge < -0.3 is 5.32 Å². The maximum atomic E-state index is 11.9. The van der Waals surface area contributed by atoms with Crippen LogP contribution in [0.5, 0.6) is 0 Å². The highest BCUT2D eigenvalue weighted by molar-refractivity contribution is 5.94. The molecule has 1 saturated heterocycles. The minimum atomic E-state index is -0.00514. The van der Waals surface area contributed by atoms with Crippen LogP contribution < -0.4 is 5.32 Å². The van der Waals surface area contributed by atoms with E-state index >= 15 is 0 Å². The van der Waals surface area contributed by atoms with Crippen molar-refractivity contribution in [2.24, 2.45) is 0 Å². The Bertz CT molecular complexity index is 539. The molecule has 1 heterocycles. The number of nitrogens with one attached hydrogen (secondary N) is 1. The summed E-state index contributed by atoms with van der Waals surface area (Å²) in [5.74, 6) is -0.00514. The van der Waals surface area contributed by atoms with E-state index in [1.807, 2.05) is 12.1 Å². The van der Waals surface area contributed by atoms with Gasteiger partial charge in [-0.3, -0.25) is 14.6 Å². The van der Waals surface area contributed by atoms with Gasteiger partial charge in [0.25, 0.3) is 5.91 Å². The van der Waals surface area contributed by atoms with Crippen molar-refractivity contribution >= 4 is 5.91 Å². The highest BCUT2D eigenvalue weighted by atomic mass is 16.1. The van der Waals surface area contributed by atoms with Crippen molar-refractivity contribution in [3.05, 3.63) is 35.4 Å². The van der Waals surface area contributed by atoms with E-state index in [0.717, 1.165) is 24.7 Å². The first-order valence-corrected chi connectivity index (χ1v) is 8.95. The van der Waals surface area contributed by atoms with Gasteiger partial charge in [0.05, 0.1) is 0 Å². The zero-order chi connectivity index (χ0) is 16.2. The molecular weight excluding hydrogens is 286 g/mol. The number of hydrogen-bond acceptors (Lipinski definition) is 3. The Labute approximate surface area is 139 Å². The predicted octanol–water partition coefficient (Wildman–Crippen LogP) is 2.67. The highest BCUT2D eigenvalue weighted by Crippen LogP contribution is 2.30. The van der Waals surface area contributed by atoms with Crippen LogP contribution >= 0.6 is 0 Å². The fourth-order valence-corrected chi connectivity index (χ4v) is 4.06. The van der Waals surface area contributed by atoms with E-state index in [-0.39, 0.29) is 5.91 Å². The monoisotopic (exact) mass is 315 g/mol. The Morgan fingerprint density at radius 2 is 1.96 bits per heavy atom. The molecule has 0 spiro atoms. The predicted molar refractivity (Wildman–Crippen MR) is 93.6 cm³/mol. The quantitative estimate of drug-likeness (QED) is 0.931. The zero-order valence-corrected chi connectivity index (χ0v) is 14.4. The number of rotatable bonds is 3. The van der Waals surface area contributed by atoms with Gasteiger partial charge in [0.15, 0.2) is 0 Å². The molecule has 2 fully saturated rings. The Kier molecular flexibility index (Phi) is 5.34. The third kappa shape index (κ3) is 3.75. The lowest BCUT2D eigenvalue weighted by molar-refractivity contribution is 0.0503. The molecule has 1 N–H and O–H groups in total. The van der Waals surface area contributed by atoms with Crippen LogP contribution in [-0.2, 0) is 0 Å². The summed E-state index contributed by atoms with van der Waals surface area (Å²) >= 11 is 0. The fraction of sp³-hybridized carbons (Fsp3) is 0.632. The highest BCUT2D eigenvalue weighted by Gasteiger charge is 2.30. The topological polar surface area (TPSA) is 35.6 Å². The molecule has 0 aromatic heterocycles. The van der Waals surface area contributed by atoms with Crippen molar-refractivity contribution in [1.29, 1.82) is 0 Å². The first-order chi connectivity index (χ1) is 11.2. The van der Waals surface area contributed by atoms with Crippen LogP contribution in [0.1, 0.15) is 54.1 Å². The van der Waals surface area contributed by atoms with Crippen LogP contribution in [0.15, 0.2) is 24.3 Å². The number of likely N-dealkylation sites (N-methyl/N-ethyl adjacent to an activating group) is 1. The van der Waals surface area contributed by atoms with Crippen molar-refractivity contribution in [3.8, 4) is 0 Å². The molecule has 1 saturated carbocycles. The lowest BCUT2D eigenvalue weighted by atomic mass is 9.92. The van der Waals surface area contributed by atoms with Crippen LogP contribution in [0.4, 0.5) is 0 Å². The van der Waals surface area contributed by atoms with E-state index in [4.69, 9.17) is 0 Å². The van der Waals surface area contributed by atoms with Gasteiger partial charge in [0.1, 0.15) is 0 Å². The van der Waals surface area contributed by atoms with Crippen molar-refractivity contribution in [2.45, 2.75) is 44.2 Å². The summed E-state index contributed by atoms with van der Waals surface area (Å²) in [6.07, 6.45) is 6.88. The first kappa shape index (κ1) is 16.5. The molecule has 1 aromatic carbocycles. The molecule has 1 unspecified atom stereocenters. The van der Waals surface area contributed by atoms with E-state index < -0.39 is 0 Å².